The van der Waals surface area contributed by atoms with Gasteiger partial charge in [-0.2, -0.15) is 0 Å². The Kier molecular flexibility index (Phi) is 26.8. The van der Waals surface area contributed by atoms with Crippen molar-refractivity contribution in [2.45, 2.75) is 253 Å². The molecular formula is C57H112O7Si4. The molecule has 0 rings (SSSR count). The normalized spacial score (nSPS) is 19.5. The van der Waals surface area contributed by atoms with E-state index in [0.29, 0.717) is 18.3 Å². The molecule has 0 radical (unpaired) electrons. The molecule has 0 aliphatic carbocycles. The standard InChI is InChI=1S/C57H112O7Si4/c1-29-30-33-44(4)52(59)47(7)49(62-66(23,24)55(11,12)13)39-36-42(2)40-46(6)53(64-68(27,28)57(17,18)19)45(5)37-38-48(61-65(21,22)54(8,9)10)41-50(63-67(25,26)56(14,15)16)43(3)34-31-32-35-51(58)60-20/h29-35,37-38,42-50,52-53,59H,1,36,39-41H2,2-28H3/t42-,43+,44-,45-,46-,47-,48+,49+,50-,52-,53-/m0/s1. The summed E-state index contributed by atoms with van der Waals surface area (Å²) in [6, 6.07) is 0. The van der Waals surface area contributed by atoms with Crippen LogP contribution in [-0.2, 0) is 27.2 Å². The Balaban J connectivity index is 7.22. The third-order valence-corrected chi connectivity index (χ3v) is 34.6. The number of rotatable bonds is 28. The lowest BCUT2D eigenvalue weighted by atomic mass is 9.82. The van der Waals surface area contributed by atoms with E-state index in [0.717, 1.165) is 19.3 Å². The number of allylic oxidation sites excluding steroid dienone is 4. The second kappa shape index (κ2) is 27.2. The van der Waals surface area contributed by atoms with E-state index in [1.165, 1.54) is 13.2 Å². The average molecular weight is 1020 g/mol. The average Bonchev–Trinajstić information content (AvgIpc) is 3.17. The number of carbonyl (C=O) groups is 1. The molecule has 0 aliphatic heterocycles. The molecule has 0 aromatic rings. The van der Waals surface area contributed by atoms with Gasteiger partial charge in [-0.05, 0) is 115 Å². The summed E-state index contributed by atoms with van der Waals surface area (Å²) >= 11 is 0. The largest absolute Gasteiger partial charge is 0.466 e. The molecular weight excluding hydrogens is 909 g/mol. The number of hydrogen-bond acceptors (Lipinski definition) is 7. The maximum atomic E-state index is 11.8. The molecule has 0 unspecified atom stereocenters. The van der Waals surface area contributed by atoms with Crippen LogP contribution in [0.5, 0.6) is 0 Å². The minimum atomic E-state index is -2.22. The topological polar surface area (TPSA) is 83.5 Å². The van der Waals surface area contributed by atoms with Crippen LogP contribution in [0.1, 0.15) is 150 Å². The number of carbonyl (C=O) groups excluding carboxylic acids is 1. The molecule has 11 heteroatoms. The summed E-state index contributed by atoms with van der Waals surface area (Å²) in [4.78, 5) is 11.8. The van der Waals surface area contributed by atoms with Crippen molar-refractivity contribution in [3.8, 4) is 0 Å². The second-order valence-corrected chi connectivity index (χ2v) is 45.9. The monoisotopic (exact) mass is 1020 g/mol. The van der Waals surface area contributed by atoms with Gasteiger partial charge in [0.2, 0.25) is 0 Å². The third-order valence-electron chi connectivity index (χ3n) is 16.6. The SMILES string of the molecule is C=CC=C[C@H](C)[C@H](O)[C@@H](C)[C@@H](CC[C@H](C)C[C@H](C)[C@@H](O[Si](C)(C)C(C)(C)C)[C@@H](C)C=C[C@H](C[C@H](O[Si](C)(C)C(C)(C)C)[C@H](C)C=CC=CC(=O)OC)O[Si](C)(C)C(C)(C)C)O[Si](C)(C)C(C)(C)C. The first-order chi connectivity index (χ1) is 30.5. The van der Waals surface area contributed by atoms with Crippen molar-refractivity contribution in [3.05, 3.63) is 61.3 Å². The summed E-state index contributed by atoms with van der Waals surface area (Å²) in [6.45, 7) is 64.0. The first kappa shape index (κ1) is 66.8. The number of hydrogen-bond donors (Lipinski definition) is 1. The Morgan fingerprint density at radius 3 is 1.44 bits per heavy atom. The van der Waals surface area contributed by atoms with E-state index in [1.807, 2.05) is 12.2 Å². The van der Waals surface area contributed by atoms with Crippen molar-refractivity contribution in [3.63, 3.8) is 0 Å². The number of esters is 1. The summed E-state index contributed by atoms with van der Waals surface area (Å²) in [5.41, 5.74) is 0. The first-order valence-electron chi connectivity index (χ1n) is 26.3. The molecule has 0 amide bonds. The lowest BCUT2D eigenvalue weighted by molar-refractivity contribution is -0.134. The van der Waals surface area contributed by atoms with Gasteiger partial charge in [0.15, 0.2) is 33.3 Å². The van der Waals surface area contributed by atoms with Gasteiger partial charge in [0.05, 0.1) is 37.6 Å². The Morgan fingerprint density at radius 1 is 0.544 bits per heavy atom. The van der Waals surface area contributed by atoms with Crippen molar-refractivity contribution in [2.75, 3.05) is 7.11 Å². The van der Waals surface area contributed by atoms with E-state index >= 15 is 0 Å². The lowest BCUT2D eigenvalue weighted by Gasteiger charge is -2.44. The van der Waals surface area contributed by atoms with Crippen LogP contribution >= 0.6 is 0 Å². The maximum Gasteiger partial charge on any atom is 0.330 e. The van der Waals surface area contributed by atoms with Gasteiger partial charge >= 0.3 is 5.97 Å². The highest BCUT2D eigenvalue weighted by Gasteiger charge is 2.45. The van der Waals surface area contributed by atoms with Crippen LogP contribution in [-0.4, -0.2) is 82.0 Å². The third kappa shape index (κ3) is 21.9. The van der Waals surface area contributed by atoms with Crippen molar-refractivity contribution < 1.29 is 32.3 Å². The van der Waals surface area contributed by atoms with Crippen molar-refractivity contribution in [2.24, 2.45) is 35.5 Å². The molecule has 0 heterocycles. The molecule has 0 saturated heterocycles. The van der Waals surface area contributed by atoms with Crippen LogP contribution in [0, 0.1) is 35.5 Å². The van der Waals surface area contributed by atoms with E-state index in [-0.39, 0.29) is 74.2 Å². The van der Waals surface area contributed by atoms with E-state index < -0.39 is 39.4 Å². The van der Waals surface area contributed by atoms with Gasteiger partial charge in [-0.3, -0.25) is 0 Å². The van der Waals surface area contributed by atoms with Gasteiger partial charge in [-0.15, -0.1) is 0 Å². The molecule has 398 valence electrons. The van der Waals surface area contributed by atoms with Gasteiger partial charge < -0.3 is 27.5 Å². The summed E-state index contributed by atoms with van der Waals surface area (Å²) in [5.74, 6) is 0.527. The smallest absolute Gasteiger partial charge is 0.330 e. The van der Waals surface area contributed by atoms with Crippen molar-refractivity contribution in [1.82, 2.24) is 0 Å². The minimum Gasteiger partial charge on any atom is -0.466 e. The van der Waals surface area contributed by atoms with Crippen molar-refractivity contribution >= 4 is 39.2 Å². The Labute approximate surface area is 426 Å². The molecule has 68 heavy (non-hydrogen) atoms. The van der Waals surface area contributed by atoms with Crippen LogP contribution in [0.15, 0.2) is 61.3 Å². The minimum absolute atomic E-state index is 0.00169. The van der Waals surface area contributed by atoms with Gasteiger partial charge in [0.25, 0.3) is 0 Å². The fraction of sp³-hybridized carbons (Fsp3) is 0.807. The molecule has 0 saturated carbocycles. The number of aliphatic hydroxyl groups is 1. The zero-order valence-electron chi connectivity index (χ0n) is 49.5. The highest BCUT2D eigenvalue weighted by Crippen LogP contribution is 2.44. The molecule has 11 atom stereocenters. The Morgan fingerprint density at radius 2 is 0.985 bits per heavy atom. The van der Waals surface area contributed by atoms with Crippen LogP contribution in [0.25, 0.3) is 0 Å². The summed E-state index contributed by atoms with van der Waals surface area (Å²) in [5, 5.41) is 11.8. The first-order valence-corrected chi connectivity index (χ1v) is 37.9. The Hall–Kier alpha value is -1.16. The fourth-order valence-corrected chi connectivity index (χ4v) is 13.1. The molecule has 0 aromatic carbocycles. The molecule has 0 fully saturated rings. The molecule has 0 bridgehead atoms. The molecule has 0 aliphatic rings. The molecule has 1 N–H and O–H groups in total. The number of ether oxygens (including phenoxy) is 1. The molecule has 0 spiro atoms. The van der Waals surface area contributed by atoms with Crippen LogP contribution in [0.4, 0.5) is 0 Å². The van der Waals surface area contributed by atoms with Crippen molar-refractivity contribution in [1.29, 1.82) is 0 Å². The van der Waals surface area contributed by atoms with E-state index in [2.05, 4.69) is 208 Å². The summed E-state index contributed by atoms with van der Waals surface area (Å²) < 4.78 is 34.2. The fourth-order valence-electron chi connectivity index (χ4n) is 7.49. The van der Waals surface area contributed by atoms with Crippen LogP contribution in [0.3, 0.4) is 0 Å². The summed E-state index contributed by atoms with van der Waals surface area (Å²) in [6.07, 6.45) is 20.6. The maximum absolute atomic E-state index is 11.8. The predicted molar refractivity (Wildman–Crippen MR) is 307 cm³/mol. The highest BCUT2D eigenvalue weighted by atomic mass is 28.4. The zero-order chi connectivity index (χ0) is 53.7. The second-order valence-electron chi connectivity index (χ2n) is 26.9. The highest BCUT2D eigenvalue weighted by molar-refractivity contribution is 6.75. The predicted octanol–water partition coefficient (Wildman–Crippen LogP) is 16.9. The van der Waals surface area contributed by atoms with E-state index in [4.69, 9.17) is 22.4 Å². The Bertz CT molecular complexity index is 1620. The number of aliphatic hydroxyl groups excluding tert-OH is 1. The van der Waals surface area contributed by atoms with Gasteiger partial charge in [0.1, 0.15) is 0 Å². The van der Waals surface area contributed by atoms with Crippen LogP contribution < -0.4 is 0 Å². The van der Waals surface area contributed by atoms with Gasteiger partial charge in [0, 0.05) is 24.3 Å². The lowest BCUT2D eigenvalue weighted by Crippen LogP contribution is -2.48. The quantitative estimate of drug-likeness (QED) is 0.0275. The van der Waals surface area contributed by atoms with Crippen LogP contribution in [0.2, 0.25) is 72.5 Å². The van der Waals surface area contributed by atoms with Gasteiger partial charge in [-0.25, -0.2) is 4.79 Å². The molecule has 7 nitrogen and oxygen atoms in total. The zero-order valence-corrected chi connectivity index (χ0v) is 53.5. The number of methoxy groups -OCH3 is 1. The van der Waals surface area contributed by atoms with E-state index in [1.54, 1.807) is 12.2 Å². The van der Waals surface area contributed by atoms with Gasteiger partial charge in [-0.1, -0.05) is 180 Å². The van der Waals surface area contributed by atoms with E-state index in [9.17, 15) is 9.90 Å². The summed E-state index contributed by atoms with van der Waals surface area (Å²) in [7, 11) is -7.31. The molecule has 0 aromatic heterocycles.